The molecule has 2 heterocycles. The predicted octanol–water partition coefficient (Wildman–Crippen LogP) is 17.2. The fourth-order valence-electron chi connectivity index (χ4n) is 10.3. The van der Waals surface area contributed by atoms with Gasteiger partial charge in [-0.25, -0.2) is 4.98 Å². The van der Waals surface area contributed by atoms with E-state index in [1.165, 1.54) is 27.1 Å². The number of hydrogen-bond acceptors (Lipinski definition) is 5. The Morgan fingerprint density at radius 3 is 1.44 bits per heavy atom. The maximum absolute atomic E-state index is 5.20. The molecule has 0 saturated carbocycles. The third-order valence-electron chi connectivity index (χ3n) is 13.5. The SMILES string of the molecule is c1ccc(-c2nc3ccc(N(c4ccccc4)c4ccc5c(ccc6cc(N(c7ccccc7)c7ccc8c(c7)N(c7ccccc7)C(c7ccccc7)N8)ccc65)c4)cc3n2-c2ccccc2)cc1. The van der Waals surface area contributed by atoms with E-state index in [1.54, 1.807) is 0 Å². The third-order valence-corrected chi connectivity index (χ3v) is 13.5. The summed E-state index contributed by atoms with van der Waals surface area (Å²) in [5, 5.41) is 8.58. The van der Waals surface area contributed by atoms with Crippen LogP contribution in [0, 0.1) is 0 Å². The molecule has 1 aromatic heterocycles. The third kappa shape index (κ3) is 7.27. The van der Waals surface area contributed by atoms with E-state index < -0.39 is 0 Å². The zero-order valence-corrected chi connectivity index (χ0v) is 38.2. The van der Waals surface area contributed by atoms with Gasteiger partial charge in [0.25, 0.3) is 0 Å². The van der Waals surface area contributed by atoms with Crippen molar-refractivity contribution in [3.05, 3.63) is 272 Å². The zero-order valence-electron chi connectivity index (χ0n) is 38.2. The van der Waals surface area contributed by atoms with Crippen LogP contribution in [0.15, 0.2) is 267 Å². The van der Waals surface area contributed by atoms with E-state index in [0.29, 0.717) is 0 Å². The predicted molar refractivity (Wildman–Crippen MR) is 292 cm³/mol. The minimum atomic E-state index is -0.0468. The molecule has 11 aromatic carbocycles. The van der Waals surface area contributed by atoms with E-state index in [4.69, 9.17) is 4.98 Å². The molecule has 0 spiro atoms. The molecule has 70 heavy (non-hydrogen) atoms. The molecule has 1 unspecified atom stereocenters. The van der Waals surface area contributed by atoms with Crippen LogP contribution in [-0.4, -0.2) is 9.55 Å². The van der Waals surface area contributed by atoms with Crippen LogP contribution in [0.3, 0.4) is 0 Å². The fourth-order valence-corrected chi connectivity index (χ4v) is 10.3. The maximum atomic E-state index is 5.20. The molecular formula is C64H46N6. The van der Waals surface area contributed by atoms with Crippen LogP contribution < -0.4 is 20.0 Å². The normalized spacial score (nSPS) is 13.1. The van der Waals surface area contributed by atoms with Gasteiger partial charge < -0.3 is 20.0 Å². The second kappa shape index (κ2) is 17.4. The van der Waals surface area contributed by atoms with Gasteiger partial charge in [-0.1, -0.05) is 158 Å². The van der Waals surface area contributed by atoms with Crippen molar-refractivity contribution in [2.75, 3.05) is 20.0 Å². The smallest absolute Gasteiger partial charge is 0.145 e. The molecule has 0 aliphatic carbocycles. The van der Waals surface area contributed by atoms with Crippen molar-refractivity contribution in [1.82, 2.24) is 9.55 Å². The molecule has 0 bridgehead atoms. The highest BCUT2D eigenvalue weighted by Crippen LogP contribution is 2.49. The van der Waals surface area contributed by atoms with E-state index >= 15 is 0 Å². The molecule has 13 rings (SSSR count). The van der Waals surface area contributed by atoms with E-state index in [-0.39, 0.29) is 6.17 Å². The van der Waals surface area contributed by atoms with Gasteiger partial charge in [0.15, 0.2) is 0 Å². The lowest BCUT2D eigenvalue weighted by atomic mass is 10.00. The molecule has 1 aliphatic heterocycles. The maximum Gasteiger partial charge on any atom is 0.145 e. The molecule has 0 fully saturated rings. The molecule has 0 amide bonds. The van der Waals surface area contributed by atoms with Crippen LogP contribution in [0.2, 0.25) is 0 Å². The first-order valence-corrected chi connectivity index (χ1v) is 23.8. The second-order valence-corrected chi connectivity index (χ2v) is 17.7. The minimum Gasteiger partial charge on any atom is -0.359 e. The van der Waals surface area contributed by atoms with Crippen LogP contribution in [-0.2, 0) is 0 Å². The first-order chi connectivity index (χ1) is 34.7. The molecule has 1 aliphatic rings. The van der Waals surface area contributed by atoms with E-state index in [0.717, 1.165) is 79.3 Å². The fraction of sp³-hybridized carbons (Fsp3) is 0.0156. The number of aromatic nitrogens is 2. The standard InChI is InChI=1S/C64H46N6/c1-7-19-45(20-8-1)63-65-59-39-35-55(43-61(59)69(63)51-27-15-5-16-28-51)67(49-23-11-3-12-24-49)53-33-37-57-47(41-53)31-32-48-42-54(34-38-58(48)57)68(50-25-13-4-14-26-50)56-36-40-60-62(44-56)70(52-29-17-6-18-30-52)64(66-60)46-21-9-2-10-22-46/h1-44,63,65H. The van der Waals surface area contributed by atoms with Crippen molar-refractivity contribution >= 4 is 83.8 Å². The lowest BCUT2D eigenvalue weighted by Crippen LogP contribution is -2.23. The first-order valence-electron chi connectivity index (χ1n) is 23.8. The highest BCUT2D eigenvalue weighted by molar-refractivity contribution is 6.10. The number of nitrogens with one attached hydrogen (secondary N) is 1. The summed E-state index contributed by atoms with van der Waals surface area (Å²) in [6, 6.07) is 95.3. The monoisotopic (exact) mass is 898 g/mol. The Hall–Kier alpha value is -9.39. The Kier molecular flexibility index (Phi) is 10.1. The second-order valence-electron chi connectivity index (χ2n) is 17.7. The summed E-state index contributed by atoms with van der Waals surface area (Å²) in [6.45, 7) is 0. The van der Waals surface area contributed by atoms with E-state index in [1.807, 2.05) is 6.07 Å². The van der Waals surface area contributed by atoms with Gasteiger partial charge in [-0.05, 0) is 136 Å². The highest BCUT2D eigenvalue weighted by Gasteiger charge is 2.32. The molecular weight excluding hydrogens is 853 g/mol. The number of imidazole rings is 1. The summed E-state index contributed by atoms with van der Waals surface area (Å²) in [5.41, 5.74) is 15.1. The average molecular weight is 899 g/mol. The number of hydrogen-bond donors (Lipinski definition) is 1. The number of benzene rings is 11. The molecule has 332 valence electrons. The van der Waals surface area contributed by atoms with Crippen molar-refractivity contribution in [3.63, 3.8) is 0 Å². The van der Waals surface area contributed by atoms with Crippen molar-refractivity contribution in [2.45, 2.75) is 6.17 Å². The zero-order chi connectivity index (χ0) is 46.4. The van der Waals surface area contributed by atoms with Crippen LogP contribution in [0.25, 0.3) is 49.7 Å². The Balaban J connectivity index is 0.897. The highest BCUT2D eigenvalue weighted by atomic mass is 15.3. The topological polar surface area (TPSA) is 39.6 Å². The van der Waals surface area contributed by atoms with Crippen molar-refractivity contribution in [1.29, 1.82) is 0 Å². The summed E-state index contributed by atoms with van der Waals surface area (Å²) < 4.78 is 2.28. The average Bonchev–Trinajstić information content (AvgIpc) is 4.01. The summed E-state index contributed by atoms with van der Waals surface area (Å²) in [7, 11) is 0. The van der Waals surface area contributed by atoms with Gasteiger partial charge in [-0.3, -0.25) is 4.57 Å². The number of anilines is 9. The summed E-state index contributed by atoms with van der Waals surface area (Å²) in [4.78, 5) is 12.3. The summed E-state index contributed by atoms with van der Waals surface area (Å²) in [6.07, 6.45) is -0.0468. The van der Waals surface area contributed by atoms with Gasteiger partial charge >= 0.3 is 0 Å². The van der Waals surface area contributed by atoms with Gasteiger partial charge in [0.05, 0.1) is 22.4 Å². The van der Waals surface area contributed by atoms with Crippen molar-refractivity contribution in [2.24, 2.45) is 0 Å². The van der Waals surface area contributed by atoms with Crippen molar-refractivity contribution in [3.8, 4) is 17.1 Å². The lowest BCUT2D eigenvalue weighted by Gasteiger charge is -2.29. The van der Waals surface area contributed by atoms with Gasteiger partial charge in [-0.15, -0.1) is 0 Å². The molecule has 1 N–H and O–H groups in total. The number of para-hydroxylation sites is 4. The molecule has 1 atom stereocenters. The Labute approximate surface area is 407 Å². The number of fused-ring (bicyclic) bond motifs is 5. The quantitative estimate of drug-likeness (QED) is 0.139. The Morgan fingerprint density at radius 2 is 0.857 bits per heavy atom. The van der Waals surface area contributed by atoms with Crippen LogP contribution in [0.5, 0.6) is 0 Å². The van der Waals surface area contributed by atoms with E-state index in [9.17, 15) is 0 Å². The molecule has 6 nitrogen and oxygen atoms in total. The molecule has 0 saturated heterocycles. The summed E-state index contributed by atoms with van der Waals surface area (Å²) in [5.74, 6) is 0.911. The number of nitrogens with zero attached hydrogens (tertiary/aromatic N) is 5. The van der Waals surface area contributed by atoms with Crippen LogP contribution in [0.4, 0.5) is 51.2 Å². The van der Waals surface area contributed by atoms with Gasteiger partial charge in [0.1, 0.15) is 12.0 Å². The van der Waals surface area contributed by atoms with E-state index in [2.05, 4.69) is 285 Å². The minimum absolute atomic E-state index is 0.0468. The Bertz CT molecular complexity index is 3810. The largest absolute Gasteiger partial charge is 0.359 e. The molecule has 0 radical (unpaired) electrons. The Morgan fingerprint density at radius 1 is 0.386 bits per heavy atom. The van der Waals surface area contributed by atoms with Crippen molar-refractivity contribution < 1.29 is 0 Å². The molecule has 12 aromatic rings. The van der Waals surface area contributed by atoms with Gasteiger partial charge in [0, 0.05) is 51.1 Å². The molecule has 6 heteroatoms. The van der Waals surface area contributed by atoms with Crippen LogP contribution >= 0.6 is 0 Å². The first kappa shape index (κ1) is 40.8. The number of rotatable bonds is 10. The summed E-state index contributed by atoms with van der Waals surface area (Å²) >= 11 is 0. The van der Waals surface area contributed by atoms with Crippen LogP contribution in [0.1, 0.15) is 11.7 Å². The van der Waals surface area contributed by atoms with Gasteiger partial charge in [0.2, 0.25) is 0 Å². The van der Waals surface area contributed by atoms with Gasteiger partial charge in [-0.2, -0.15) is 0 Å². The lowest BCUT2D eigenvalue weighted by molar-refractivity contribution is 0.828.